The average Bonchev–Trinajstić information content (AvgIpc) is 2.79. The Morgan fingerprint density at radius 1 is 1.09 bits per heavy atom. The Balaban J connectivity index is 1.60. The van der Waals surface area contributed by atoms with Gasteiger partial charge in [0.25, 0.3) is 0 Å². The van der Waals surface area contributed by atoms with Gasteiger partial charge in [-0.25, -0.2) is 12.8 Å². The van der Waals surface area contributed by atoms with Crippen LogP contribution in [0.3, 0.4) is 0 Å². The predicted molar refractivity (Wildman–Crippen MR) is 127 cm³/mol. The van der Waals surface area contributed by atoms with Crippen molar-refractivity contribution in [2.24, 2.45) is 0 Å². The lowest BCUT2D eigenvalue weighted by molar-refractivity contribution is -0.0554. The predicted octanol–water partition coefficient (Wildman–Crippen LogP) is 3.59. The van der Waals surface area contributed by atoms with Crippen LogP contribution in [0.4, 0.5) is 4.39 Å². The topological polar surface area (TPSA) is 60.9 Å². The summed E-state index contributed by atoms with van der Waals surface area (Å²) in [6.45, 7) is 3.57. The molecule has 2 heterocycles. The molecule has 0 aromatic heterocycles. The first-order valence-electron chi connectivity index (χ1n) is 11.7. The monoisotopic (exact) mass is 470 g/mol. The molecule has 0 saturated carbocycles. The molecule has 7 heteroatoms. The molecule has 0 aliphatic carbocycles. The second kappa shape index (κ2) is 10.4. The molecule has 0 spiro atoms. The summed E-state index contributed by atoms with van der Waals surface area (Å²) in [4.78, 5) is 1.93. The van der Waals surface area contributed by atoms with E-state index in [-0.39, 0.29) is 36.0 Å². The quantitative estimate of drug-likeness (QED) is 0.679. The molecule has 2 aromatic rings. The van der Waals surface area contributed by atoms with Crippen molar-refractivity contribution in [3.63, 3.8) is 0 Å². The number of aliphatic hydroxyl groups is 1. The molecule has 33 heavy (non-hydrogen) atoms. The normalized spacial score (nSPS) is 24.0. The van der Waals surface area contributed by atoms with Crippen LogP contribution in [-0.4, -0.2) is 61.1 Å². The van der Waals surface area contributed by atoms with Crippen molar-refractivity contribution in [3.05, 3.63) is 65.5 Å². The van der Waals surface area contributed by atoms with Gasteiger partial charge in [0.15, 0.2) is 0 Å². The minimum atomic E-state index is -3.95. The number of aliphatic hydroxyl groups excluding tert-OH is 1. The maximum atomic E-state index is 14.4. The summed E-state index contributed by atoms with van der Waals surface area (Å²) >= 11 is 0. The van der Waals surface area contributed by atoms with E-state index in [9.17, 15) is 17.9 Å². The standard InChI is InChI=1S/C26H31FN2O3S/c1-2-3-4-9-20-12-14-21(15-13-20)26-23-18-28(16-7-8-17-29(23)24(26)19-30)33(31,32)25-11-6-5-10-22(25)27/h5-6,10-15,23-24,26,30H,2-3,7-8,16-19H2,1H3/t23-,24+,26-/m0/s1. The molecule has 2 aliphatic rings. The molecule has 1 N–H and O–H groups in total. The van der Waals surface area contributed by atoms with Gasteiger partial charge in [0, 0.05) is 43.1 Å². The van der Waals surface area contributed by atoms with Crippen molar-refractivity contribution in [2.75, 3.05) is 26.2 Å². The van der Waals surface area contributed by atoms with Gasteiger partial charge in [-0.3, -0.25) is 4.90 Å². The Labute approximate surface area is 196 Å². The highest BCUT2D eigenvalue weighted by Gasteiger charge is 2.50. The Morgan fingerprint density at radius 2 is 1.82 bits per heavy atom. The minimum absolute atomic E-state index is 0.00377. The molecular formula is C26H31FN2O3S. The second-order valence-electron chi connectivity index (χ2n) is 8.76. The summed E-state index contributed by atoms with van der Waals surface area (Å²) in [7, 11) is -3.95. The average molecular weight is 471 g/mol. The maximum absolute atomic E-state index is 14.4. The number of sulfonamides is 1. The minimum Gasteiger partial charge on any atom is -0.395 e. The third kappa shape index (κ3) is 4.85. The number of benzene rings is 2. The fourth-order valence-corrected chi connectivity index (χ4v) is 6.56. The second-order valence-corrected chi connectivity index (χ2v) is 10.7. The number of hydrogen-bond donors (Lipinski definition) is 1. The third-order valence-corrected chi connectivity index (χ3v) is 8.59. The van der Waals surface area contributed by atoms with Crippen molar-refractivity contribution in [3.8, 4) is 11.8 Å². The van der Waals surface area contributed by atoms with E-state index >= 15 is 0 Å². The van der Waals surface area contributed by atoms with Crippen molar-refractivity contribution >= 4 is 10.0 Å². The summed E-state index contributed by atoms with van der Waals surface area (Å²) in [6.07, 6.45) is 3.41. The van der Waals surface area contributed by atoms with Crippen molar-refractivity contribution in [1.29, 1.82) is 0 Å². The van der Waals surface area contributed by atoms with Crippen LogP contribution in [0.1, 0.15) is 49.7 Å². The molecule has 2 aliphatic heterocycles. The highest BCUT2D eigenvalue weighted by molar-refractivity contribution is 7.89. The van der Waals surface area contributed by atoms with E-state index in [2.05, 4.69) is 23.7 Å². The lowest BCUT2D eigenvalue weighted by Gasteiger charge is -2.57. The van der Waals surface area contributed by atoms with Crippen LogP contribution in [0.2, 0.25) is 0 Å². The van der Waals surface area contributed by atoms with Crippen LogP contribution in [0, 0.1) is 17.7 Å². The summed E-state index contributed by atoms with van der Waals surface area (Å²) in [6, 6.07) is 13.5. The van der Waals surface area contributed by atoms with Gasteiger partial charge in [-0.05, 0) is 55.6 Å². The van der Waals surface area contributed by atoms with Crippen LogP contribution < -0.4 is 0 Å². The van der Waals surface area contributed by atoms with E-state index in [0.29, 0.717) is 13.0 Å². The Morgan fingerprint density at radius 3 is 2.52 bits per heavy atom. The number of nitrogens with zero attached hydrogens (tertiary/aromatic N) is 2. The first kappa shape index (κ1) is 23.9. The van der Waals surface area contributed by atoms with E-state index in [1.54, 1.807) is 6.07 Å². The molecule has 0 bridgehead atoms. The van der Waals surface area contributed by atoms with Gasteiger partial charge in [-0.2, -0.15) is 4.31 Å². The summed E-state index contributed by atoms with van der Waals surface area (Å²) < 4.78 is 42.4. The fourth-order valence-electron chi connectivity index (χ4n) is 5.00. The van der Waals surface area contributed by atoms with Gasteiger partial charge in [0.05, 0.1) is 6.61 Å². The SMILES string of the molecule is CCCC#Cc1ccc([C@@H]2[C@@H](CO)N3CCCCN(S(=O)(=O)c4ccccc4F)C[C@@H]23)cc1. The van der Waals surface area contributed by atoms with Gasteiger partial charge >= 0.3 is 0 Å². The van der Waals surface area contributed by atoms with Crippen molar-refractivity contribution < 1.29 is 17.9 Å². The summed E-state index contributed by atoms with van der Waals surface area (Å²) in [5.74, 6) is 5.59. The Kier molecular flexibility index (Phi) is 7.50. The van der Waals surface area contributed by atoms with Crippen LogP contribution in [0.25, 0.3) is 0 Å². The number of unbranched alkanes of at least 4 members (excludes halogenated alkanes) is 1. The Hall–Kier alpha value is -2.24. The number of fused-ring (bicyclic) bond motifs is 1. The molecule has 4 rings (SSSR count). The van der Waals surface area contributed by atoms with Gasteiger partial charge < -0.3 is 5.11 Å². The first-order valence-corrected chi connectivity index (χ1v) is 13.1. The lowest BCUT2D eigenvalue weighted by Crippen LogP contribution is -2.67. The number of hydrogen-bond acceptors (Lipinski definition) is 4. The Bertz CT molecular complexity index is 1120. The summed E-state index contributed by atoms with van der Waals surface area (Å²) in [5, 5.41) is 10.1. The zero-order valence-electron chi connectivity index (χ0n) is 19.0. The van der Waals surface area contributed by atoms with E-state index in [1.165, 1.54) is 22.5 Å². The van der Waals surface area contributed by atoms with Gasteiger partial charge in [0.1, 0.15) is 10.7 Å². The molecule has 0 unspecified atom stereocenters. The van der Waals surface area contributed by atoms with Gasteiger partial charge in [-0.1, -0.05) is 43.0 Å². The molecular weight excluding hydrogens is 439 g/mol. The molecule has 0 radical (unpaired) electrons. The zero-order chi connectivity index (χ0) is 23.4. The van der Waals surface area contributed by atoms with Crippen LogP contribution in [-0.2, 0) is 10.0 Å². The summed E-state index contributed by atoms with van der Waals surface area (Å²) in [5.41, 5.74) is 2.02. The molecule has 176 valence electrons. The van der Waals surface area contributed by atoms with Crippen LogP contribution >= 0.6 is 0 Å². The molecule has 2 fully saturated rings. The third-order valence-electron chi connectivity index (χ3n) is 6.69. The van der Waals surface area contributed by atoms with Crippen molar-refractivity contribution in [1.82, 2.24) is 9.21 Å². The highest BCUT2D eigenvalue weighted by Crippen LogP contribution is 2.42. The van der Waals surface area contributed by atoms with Gasteiger partial charge in [0.2, 0.25) is 10.0 Å². The molecule has 2 aromatic carbocycles. The molecule has 3 atom stereocenters. The van der Waals surface area contributed by atoms with Crippen LogP contribution in [0.15, 0.2) is 53.4 Å². The van der Waals surface area contributed by atoms with Crippen molar-refractivity contribution in [2.45, 2.75) is 55.5 Å². The van der Waals surface area contributed by atoms with E-state index in [1.807, 2.05) is 24.3 Å². The number of halogens is 1. The molecule has 5 nitrogen and oxygen atoms in total. The maximum Gasteiger partial charge on any atom is 0.246 e. The fraction of sp³-hybridized carbons (Fsp3) is 0.462. The van der Waals surface area contributed by atoms with Gasteiger partial charge in [-0.15, -0.1) is 0 Å². The molecule has 2 saturated heterocycles. The lowest BCUT2D eigenvalue weighted by atomic mass is 9.74. The molecule has 0 amide bonds. The first-order chi connectivity index (χ1) is 16.0. The zero-order valence-corrected chi connectivity index (χ0v) is 19.8. The van der Waals surface area contributed by atoms with E-state index < -0.39 is 15.8 Å². The number of rotatable bonds is 5. The van der Waals surface area contributed by atoms with E-state index in [4.69, 9.17) is 0 Å². The smallest absolute Gasteiger partial charge is 0.246 e. The van der Waals surface area contributed by atoms with Crippen LogP contribution in [0.5, 0.6) is 0 Å². The largest absolute Gasteiger partial charge is 0.395 e. The van der Waals surface area contributed by atoms with E-state index in [0.717, 1.165) is 36.9 Å². The highest BCUT2D eigenvalue weighted by atomic mass is 32.2.